The Balaban J connectivity index is 2.69. The number of rotatable bonds is 4. The van der Waals surface area contributed by atoms with Gasteiger partial charge in [0.25, 0.3) is 0 Å². The Morgan fingerprint density at radius 2 is 2.38 bits per heavy atom. The van der Waals surface area contributed by atoms with Gasteiger partial charge in [-0.3, -0.25) is 0 Å². The molecule has 0 aliphatic rings. The number of hydrogen-bond donors (Lipinski definition) is 3. The molecule has 16 heavy (non-hydrogen) atoms. The summed E-state index contributed by atoms with van der Waals surface area (Å²) in [5.74, 6) is -0.268. The molecule has 1 rings (SSSR count). The molecule has 0 fully saturated rings. The van der Waals surface area contributed by atoms with Gasteiger partial charge in [-0.1, -0.05) is 16.8 Å². The van der Waals surface area contributed by atoms with Crippen molar-refractivity contribution in [3.8, 4) is 0 Å². The largest absolute Gasteiger partial charge is 0.409 e. The summed E-state index contributed by atoms with van der Waals surface area (Å²) in [5.41, 5.74) is 5.83. The molecule has 1 atom stereocenters. The maximum atomic E-state index is 12.9. The Morgan fingerprint density at radius 1 is 1.69 bits per heavy atom. The molecule has 1 aromatic rings. The van der Waals surface area contributed by atoms with Crippen LogP contribution in [0, 0.1) is 5.82 Å². The summed E-state index contributed by atoms with van der Waals surface area (Å²) in [7, 11) is 0. The van der Waals surface area contributed by atoms with E-state index in [1.165, 1.54) is 18.2 Å². The zero-order valence-electron chi connectivity index (χ0n) is 8.74. The van der Waals surface area contributed by atoms with Gasteiger partial charge in [0.1, 0.15) is 11.7 Å². The molecule has 0 aliphatic carbocycles. The van der Waals surface area contributed by atoms with Crippen LogP contribution >= 0.6 is 11.6 Å². The SMILES string of the molecule is CC(C/C(N)=N/O)Nc1cc(F)ccc1Cl. The van der Waals surface area contributed by atoms with Crippen molar-refractivity contribution >= 4 is 23.1 Å². The van der Waals surface area contributed by atoms with Crippen LogP contribution in [-0.2, 0) is 0 Å². The highest BCUT2D eigenvalue weighted by Crippen LogP contribution is 2.23. The predicted molar refractivity (Wildman–Crippen MR) is 62.5 cm³/mol. The van der Waals surface area contributed by atoms with E-state index in [0.717, 1.165) is 0 Å². The first-order chi connectivity index (χ1) is 7.52. The van der Waals surface area contributed by atoms with Gasteiger partial charge in [-0.15, -0.1) is 0 Å². The number of hydrogen-bond acceptors (Lipinski definition) is 3. The second-order valence-corrected chi connectivity index (χ2v) is 3.87. The van der Waals surface area contributed by atoms with Gasteiger partial charge in [-0.25, -0.2) is 4.39 Å². The molecule has 0 spiro atoms. The van der Waals surface area contributed by atoms with Gasteiger partial charge in [-0.05, 0) is 25.1 Å². The lowest BCUT2D eigenvalue weighted by Crippen LogP contribution is -2.24. The molecule has 0 aliphatic heterocycles. The van der Waals surface area contributed by atoms with E-state index in [1.807, 2.05) is 6.92 Å². The fraction of sp³-hybridized carbons (Fsp3) is 0.300. The van der Waals surface area contributed by atoms with Crippen LogP contribution in [0.4, 0.5) is 10.1 Å². The quantitative estimate of drug-likeness (QED) is 0.330. The van der Waals surface area contributed by atoms with Crippen LogP contribution in [0.5, 0.6) is 0 Å². The number of halogens is 2. The molecule has 0 saturated carbocycles. The normalized spacial score (nSPS) is 13.6. The van der Waals surface area contributed by atoms with Crippen LogP contribution in [0.3, 0.4) is 0 Å². The number of oxime groups is 1. The molecule has 1 unspecified atom stereocenters. The van der Waals surface area contributed by atoms with Crippen molar-refractivity contribution in [2.45, 2.75) is 19.4 Å². The standard InChI is InChI=1S/C10H13ClFN3O/c1-6(4-10(13)15-16)14-9-5-7(12)2-3-8(9)11/h2-3,5-6,14,16H,4H2,1H3,(H2,13,15). The molecule has 0 amide bonds. The van der Waals surface area contributed by atoms with Crippen molar-refractivity contribution in [3.05, 3.63) is 29.0 Å². The number of anilines is 1. The molecule has 0 heterocycles. The van der Waals surface area contributed by atoms with E-state index in [1.54, 1.807) is 0 Å². The molecule has 0 bridgehead atoms. The fourth-order valence-electron chi connectivity index (χ4n) is 1.28. The van der Waals surface area contributed by atoms with Crippen LogP contribution in [0.2, 0.25) is 5.02 Å². The highest BCUT2D eigenvalue weighted by atomic mass is 35.5. The Labute approximate surface area is 97.9 Å². The van der Waals surface area contributed by atoms with Crippen LogP contribution < -0.4 is 11.1 Å². The zero-order chi connectivity index (χ0) is 12.1. The summed E-state index contributed by atoms with van der Waals surface area (Å²) in [6.07, 6.45) is 0.337. The molecule has 0 saturated heterocycles. The molecule has 0 aromatic heterocycles. The first kappa shape index (κ1) is 12.6. The smallest absolute Gasteiger partial charge is 0.141 e. The molecule has 4 N–H and O–H groups in total. The van der Waals surface area contributed by atoms with E-state index in [4.69, 9.17) is 22.5 Å². The van der Waals surface area contributed by atoms with Crippen molar-refractivity contribution in [2.75, 3.05) is 5.32 Å². The minimum absolute atomic E-state index is 0.104. The minimum Gasteiger partial charge on any atom is -0.409 e. The topological polar surface area (TPSA) is 70.6 Å². The second-order valence-electron chi connectivity index (χ2n) is 3.47. The van der Waals surface area contributed by atoms with E-state index < -0.39 is 0 Å². The first-order valence-corrected chi connectivity index (χ1v) is 5.08. The van der Waals surface area contributed by atoms with E-state index in [9.17, 15) is 4.39 Å². The van der Waals surface area contributed by atoms with Crippen molar-refractivity contribution in [3.63, 3.8) is 0 Å². The lowest BCUT2D eigenvalue weighted by atomic mass is 10.2. The van der Waals surface area contributed by atoms with Crippen LogP contribution in [0.15, 0.2) is 23.4 Å². The van der Waals surface area contributed by atoms with E-state index in [2.05, 4.69) is 10.5 Å². The summed E-state index contributed by atoms with van der Waals surface area (Å²) in [6.45, 7) is 1.82. The summed E-state index contributed by atoms with van der Waals surface area (Å²) >= 11 is 5.87. The lowest BCUT2D eigenvalue weighted by molar-refractivity contribution is 0.316. The molecule has 0 radical (unpaired) electrons. The second kappa shape index (κ2) is 5.55. The zero-order valence-corrected chi connectivity index (χ0v) is 9.50. The van der Waals surface area contributed by atoms with Crippen molar-refractivity contribution < 1.29 is 9.60 Å². The molecule has 88 valence electrons. The van der Waals surface area contributed by atoms with Gasteiger partial charge >= 0.3 is 0 Å². The fourth-order valence-corrected chi connectivity index (χ4v) is 1.45. The summed E-state index contributed by atoms with van der Waals surface area (Å²) in [5, 5.41) is 14.7. The van der Waals surface area contributed by atoms with Gasteiger partial charge in [0, 0.05) is 12.5 Å². The van der Waals surface area contributed by atoms with Gasteiger partial charge in [0.15, 0.2) is 0 Å². The van der Waals surface area contributed by atoms with Gasteiger partial charge in [0.2, 0.25) is 0 Å². The van der Waals surface area contributed by atoms with Crippen LogP contribution in [0.1, 0.15) is 13.3 Å². The number of nitrogens with zero attached hydrogens (tertiary/aromatic N) is 1. The van der Waals surface area contributed by atoms with Gasteiger partial charge in [-0.2, -0.15) is 0 Å². The maximum absolute atomic E-state index is 12.9. The Bertz CT molecular complexity index is 398. The number of benzene rings is 1. The van der Waals surface area contributed by atoms with Gasteiger partial charge < -0.3 is 16.3 Å². The highest BCUT2D eigenvalue weighted by molar-refractivity contribution is 6.33. The average Bonchev–Trinajstić information content (AvgIpc) is 2.23. The Hall–Kier alpha value is -1.49. The third kappa shape index (κ3) is 3.58. The Kier molecular flexibility index (Phi) is 4.37. The monoisotopic (exact) mass is 245 g/mol. The highest BCUT2D eigenvalue weighted by Gasteiger charge is 2.08. The van der Waals surface area contributed by atoms with Crippen molar-refractivity contribution in [1.29, 1.82) is 0 Å². The summed E-state index contributed by atoms with van der Waals surface area (Å²) < 4.78 is 12.9. The number of amidine groups is 1. The Morgan fingerprint density at radius 3 is 3.00 bits per heavy atom. The number of nitrogens with two attached hydrogens (primary N) is 1. The van der Waals surface area contributed by atoms with Crippen LogP contribution in [0.25, 0.3) is 0 Å². The van der Waals surface area contributed by atoms with Crippen molar-refractivity contribution in [1.82, 2.24) is 0 Å². The third-order valence-electron chi connectivity index (χ3n) is 1.97. The molecular weight excluding hydrogens is 233 g/mol. The van der Waals surface area contributed by atoms with Gasteiger partial charge in [0.05, 0.1) is 10.7 Å². The first-order valence-electron chi connectivity index (χ1n) is 4.71. The van der Waals surface area contributed by atoms with E-state index in [0.29, 0.717) is 17.1 Å². The molecular formula is C10H13ClFN3O. The van der Waals surface area contributed by atoms with Crippen LogP contribution in [-0.4, -0.2) is 17.1 Å². The van der Waals surface area contributed by atoms with E-state index in [-0.39, 0.29) is 17.7 Å². The average molecular weight is 246 g/mol. The summed E-state index contributed by atoms with van der Waals surface area (Å²) in [4.78, 5) is 0. The molecule has 1 aromatic carbocycles. The lowest BCUT2D eigenvalue weighted by Gasteiger charge is -2.15. The minimum atomic E-state index is -0.372. The predicted octanol–water partition coefficient (Wildman–Crippen LogP) is 2.42. The molecule has 6 heteroatoms. The number of nitrogens with one attached hydrogen (secondary N) is 1. The van der Waals surface area contributed by atoms with E-state index >= 15 is 0 Å². The summed E-state index contributed by atoms with van der Waals surface area (Å²) in [6, 6.07) is 3.93. The third-order valence-corrected chi connectivity index (χ3v) is 2.30. The molecule has 4 nitrogen and oxygen atoms in total. The maximum Gasteiger partial charge on any atom is 0.141 e. The van der Waals surface area contributed by atoms with Crippen molar-refractivity contribution in [2.24, 2.45) is 10.9 Å².